The Kier molecular flexibility index (Phi) is 4.07. The van der Waals surface area contributed by atoms with Crippen molar-refractivity contribution in [2.75, 3.05) is 13.1 Å². The van der Waals surface area contributed by atoms with Crippen molar-refractivity contribution in [2.45, 2.75) is 30.0 Å². The summed E-state index contributed by atoms with van der Waals surface area (Å²) in [4.78, 5) is 0.358. The zero-order valence-corrected chi connectivity index (χ0v) is 11.2. The van der Waals surface area contributed by atoms with E-state index in [0.717, 1.165) is 19.3 Å². The van der Waals surface area contributed by atoms with Crippen LogP contribution in [0.2, 0.25) is 0 Å². The van der Waals surface area contributed by atoms with E-state index in [9.17, 15) is 8.42 Å². The van der Waals surface area contributed by atoms with Gasteiger partial charge in [0.2, 0.25) is 10.0 Å². The topological polar surface area (TPSA) is 37.4 Å². The van der Waals surface area contributed by atoms with E-state index in [2.05, 4.69) is 0 Å². The van der Waals surface area contributed by atoms with Crippen LogP contribution in [-0.4, -0.2) is 25.8 Å². The van der Waals surface area contributed by atoms with E-state index in [-0.39, 0.29) is 5.88 Å². The lowest BCUT2D eigenvalue weighted by molar-refractivity contribution is 0.346. The van der Waals surface area contributed by atoms with Gasteiger partial charge in [0.25, 0.3) is 0 Å². The summed E-state index contributed by atoms with van der Waals surface area (Å²) in [7, 11) is -3.36. The van der Waals surface area contributed by atoms with Gasteiger partial charge in [-0.05, 0) is 24.5 Å². The summed E-state index contributed by atoms with van der Waals surface area (Å²) in [6.07, 6.45) is 3.01. The van der Waals surface area contributed by atoms with Crippen molar-refractivity contribution in [3.05, 3.63) is 29.8 Å². The first-order chi connectivity index (χ1) is 8.16. The molecular formula is C12H16ClNO2S. The highest BCUT2D eigenvalue weighted by Crippen LogP contribution is 2.24. The van der Waals surface area contributed by atoms with E-state index < -0.39 is 10.0 Å². The molecule has 0 saturated carbocycles. The Bertz CT molecular complexity index is 481. The predicted molar refractivity (Wildman–Crippen MR) is 68.6 cm³/mol. The van der Waals surface area contributed by atoms with E-state index >= 15 is 0 Å². The van der Waals surface area contributed by atoms with Gasteiger partial charge in [-0.2, -0.15) is 4.31 Å². The van der Waals surface area contributed by atoms with Gasteiger partial charge in [-0.25, -0.2) is 8.42 Å². The van der Waals surface area contributed by atoms with Gasteiger partial charge in [-0.15, -0.1) is 11.6 Å². The monoisotopic (exact) mass is 273 g/mol. The van der Waals surface area contributed by atoms with Crippen LogP contribution in [0.3, 0.4) is 0 Å². The first-order valence-electron chi connectivity index (χ1n) is 5.80. The Morgan fingerprint density at radius 3 is 2.41 bits per heavy atom. The predicted octanol–water partition coefficient (Wildman–Crippen LogP) is 2.60. The third kappa shape index (κ3) is 2.64. The maximum absolute atomic E-state index is 12.4. The maximum atomic E-state index is 12.4. The molecule has 1 aromatic rings. The molecule has 0 unspecified atom stereocenters. The minimum Gasteiger partial charge on any atom is -0.207 e. The highest BCUT2D eigenvalue weighted by Gasteiger charge is 2.27. The summed E-state index contributed by atoms with van der Waals surface area (Å²) < 4.78 is 26.4. The Balaban J connectivity index is 2.36. The van der Waals surface area contributed by atoms with Crippen LogP contribution in [0.4, 0.5) is 0 Å². The van der Waals surface area contributed by atoms with Crippen LogP contribution < -0.4 is 0 Å². The Labute approximate surface area is 107 Å². The van der Waals surface area contributed by atoms with Gasteiger partial charge in [0.05, 0.1) is 4.90 Å². The van der Waals surface area contributed by atoms with Crippen LogP contribution >= 0.6 is 11.6 Å². The second-order valence-corrected chi connectivity index (χ2v) is 6.38. The van der Waals surface area contributed by atoms with Crippen LogP contribution in [0, 0.1) is 0 Å². The van der Waals surface area contributed by atoms with Crippen molar-refractivity contribution in [2.24, 2.45) is 0 Å². The largest absolute Gasteiger partial charge is 0.243 e. The highest BCUT2D eigenvalue weighted by molar-refractivity contribution is 7.89. The van der Waals surface area contributed by atoms with Crippen LogP contribution in [-0.2, 0) is 15.9 Å². The van der Waals surface area contributed by atoms with Crippen molar-refractivity contribution in [3.8, 4) is 0 Å². The number of benzene rings is 1. The summed E-state index contributed by atoms with van der Waals surface area (Å²) in [5, 5.41) is 0. The summed E-state index contributed by atoms with van der Waals surface area (Å²) in [6, 6.07) is 6.96. The zero-order chi connectivity index (χ0) is 12.3. The van der Waals surface area contributed by atoms with Gasteiger partial charge >= 0.3 is 0 Å². The molecule has 2 rings (SSSR count). The number of hydrogen-bond donors (Lipinski definition) is 0. The van der Waals surface area contributed by atoms with E-state index in [4.69, 9.17) is 11.6 Å². The SMILES string of the molecule is O=S(=O)(c1ccccc1CCl)N1CCCCC1. The number of alkyl halides is 1. The molecule has 1 aliphatic rings. The van der Waals surface area contributed by atoms with Gasteiger partial charge in [0.1, 0.15) is 0 Å². The molecule has 0 radical (unpaired) electrons. The van der Waals surface area contributed by atoms with Gasteiger partial charge < -0.3 is 0 Å². The van der Waals surface area contributed by atoms with Crippen molar-refractivity contribution in [1.82, 2.24) is 4.31 Å². The third-order valence-electron chi connectivity index (χ3n) is 3.05. The molecule has 17 heavy (non-hydrogen) atoms. The minimum atomic E-state index is -3.36. The number of sulfonamides is 1. The molecule has 94 valence electrons. The van der Waals surface area contributed by atoms with Crippen LogP contribution in [0.25, 0.3) is 0 Å². The molecule has 0 atom stereocenters. The first kappa shape index (κ1) is 12.9. The quantitative estimate of drug-likeness (QED) is 0.794. The molecule has 0 spiro atoms. The number of nitrogens with zero attached hydrogens (tertiary/aromatic N) is 1. The van der Waals surface area contributed by atoms with Crippen molar-refractivity contribution >= 4 is 21.6 Å². The lowest BCUT2D eigenvalue weighted by Crippen LogP contribution is -2.36. The molecule has 1 fully saturated rings. The Morgan fingerprint density at radius 2 is 1.76 bits per heavy atom. The van der Waals surface area contributed by atoms with Crippen molar-refractivity contribution in [1.29, 1.82) is 0 Å². The second-order valence-electron chi connectivity index (χ2n) is 4.21. The Morgan fingerprint density at radius 1 is 1.12 bits per heavy atom. The minimum absolute atomic E-state index is 0.225. The number of halogens is 1. The lowest BCUT2D eigenvalue weighted by atomic mass is 10.2. The fraction of sp³-hybridized carbons (Fsp3) is 0.500. The lowest BCUT2D eigenvalue weighted by Gasteiger charge is -2.26. The van der Waals surface area contributed by atoms with E-state index in [1.54, 1.807) is 22.5 Å². The summed E-state index contributed by atoms with van der Waals surface area (Å²) >= 11 is 5.79. The third-order valence-corrected chi connectivity index (χ3v) is 5.34. The molecule has 1 aliphatic heterocycles. The first-order valence-corrected chi connectivity index (χ1v) is 7.78. The fourth-order valence-corrected chi connectivity index (χ4v) is 4.16. The molecule has 5 heteroatoms. The fourth-order valence-electron chi connectivity index (χ4n) is 2.11. The highest BCUT2D eigenvalue weighted by atomic mass is 35.5. The molecular weight excluding hydrogens is 258 g/mol. The summed E-state index contributed by atoms with van der Waals surface area (Å²) in [6.45, 7) is 1.25. The molecule has 1 heterocycles. The summed E-state index contributed by atoms with van der Waals surface area (Å²) in [5.41, 5.74) is 0.680. The van der Waals surface area contributed by atoms with Crippen molar-refractivity contribution < 1.29 is 8.42 Å². The van der Waals surface area contributed by atoms with Gasteiger partial charge in [0.15, 0.2) is 0 Å². The molecule has 0 aliphatic carbocycles. The summed E-state index contributed by atoms with van der Waals surface area (Å²) in [5.74, 6) is 0.225. The molecule has 1 aromatic carbocycles. The molecule has 0 amide bonds. The van der Waals surface area contributed by atoms with E-state index in [0.29, 0.717) is 23.5 Å². The molecule has 1 saturated heterocycles. The van der Waals surface area contributed by atoms with Gasteiger partial charge in [-0.3, -0.25) is 0 Å². The second kappa shape index (κ2) is 5.38. The molecule has 3 nitrogen and oxygen atoms in total. The number of piperidine rings is 1. The standard InChI is InChI=1S/C12H16ClNO2S/c13-10-11-6-2-3-7-12(11)17(15,16)14-8-4-1-5-9-14/h2-3,6-7H,1,4-5,8-10H2. The normalized spacial score (nSPS) is 18.2. The van der Waals surface area contributed by atoms with Crippen molar-refractivity contribution in [3.63, 3.8) is 0 Å². The van der Waals surface area contributed by atoms with Crippen LogP contribution in [0.5, 0.6) is 0 Å². The average Bonchev–Trinajstić information content (AvgIpc) is 2.39. The van der Waals surface area contributed by atoms with Gasteiger partial charge in [-0.1, -0.05) is 24.6 Å². The molecule has 0 N–H and O–H groups in total. The maximum Gasteiger partial charge on any atom is 0.243 e. The number of rotatable bonds is 3. The average molecular weight is 274 g/mol. The molecule has 0 bridgehead atoms. The molecule has 0 aromatic heterocycles. The Hall–Kier alpha value is -0.580. The van der Waals surface area contributed by atoms with E-state index in [1.807, 2.05) is 6.07 Å². The van der Waals surface area contributed by atoms with Crippen LogP contribution in [0.15, 0.2) is 29.2 Å². The van der Waals surface area contributed by atoms with Crippen LogP contribution in [0.1, 0.15) is 24.8 Å². The number of hydrogen-bond acceptors (Lipinski definition) is 2. The zero-order valence-electron chi connectivity index (χ0n) is 9.60. The smallest absolute Gasteiger partial charge is 0.207 e. The van der Waals surface area contributed by atoms with E-state index in [1.165, 1.54) is 0 Å². The van der Waals surface area contributed by atoms with Gasteiger partial charge in [0, 0.05) is 19.0 Å².